The fraction of sp³-hybridized carbons (Fsp3) is 1.00. The summed E-state index contributed by atoms with van der Waals surface area (Å²) in [6.07, 6.45) is 86.4. The molecule has 0 aliphatic rings. The molecule has 4 nitrogen and oxygen atoms in total. The Hall–Kier alpha value is -0.160. The van der Waals surface area contributed by atoms with Gasteiger partial charge in [-0.05, 0) is 77.8 Å². The molecule has 0 unspecified atom stereocenters. The Kier molecular flexibility index (Phi) is 73.2. The maximum atomic E-state index is 3.01. The van der Waals surface area contributed by atoms with Crippen LogP contribution in [0.5, 0.6) is 0 Å². The van der Waals surface area contributed by atoms with Crippen molar-refractivity contribution in [1.82, 2.24) is 19.6 Å². The lowest BCUT2D eigenvalue weighted by Gasteiger charge is -2.32. The van der Waals surface area contributed by atoms with Crippen molar-refractivity contribution in [1.29, 1.82) is 0 Å². The molecule has 4 heteroatoms. The molecule has 0 atom stereocenters. The first-order valence-corrected chi connectivity index (χ1v) is 39.5. The molecule has 0 amide bonds. The van der Waals surface area contributed by atoms with Crippen LogP contribution in [0.3, 0.4) is 0 Å². The van der Waals surface area contributed by atoms with Crippen LogP contribution < -0.4 is 0 Å². The predicted octanol–water partition coefficient (Wildman–Crippen LogP) is 25.7. The van der Waals surface area contributed by atoms with Gasteiger partial charge in [0.2, 0.25) is 0 Å². The van der Waals surface area contributed by atoms with Gasteiger partial charge in [0.1, 0.15) is 0 Å². The minimum atomic E-state index is 1.27. The van der Waals surface area contributed by atoms with E-state index >= 15 is 0 Å². The topological polar surface area (TPSA) is 13.0 Å². The first-order valence-electron chi connectivity index (χ1n) is 39.5. The second kappa shape index (κ2) is 73.3. The number of hydrogen-bond acceptors (Lipinski definition) is 4. The van der Waals surface area contributed by atoms with Gasteiger partial charge in [-0.1, -0.05) is 388 Å². The summed E-state index contributed by atoms with van der Waals surface area (Å²) < 4.78 is 0. The number of unbranched alkanes of at least 4 members (excludes halogenated alkanes) is 54. The Morgan fingerprint density at radius 1 is 0.0976 bits per heavy atom. The number of rotatable bonds is 75. The largest absolute Gasteiger partial charge is 0.302 e. The standard InChI is InChI=1S/C78H162N4/c1-7-13-19-25-31-37-43-49-55-61-67-79(68-62-56-50-44-38-32-26-20-14-8-2)73-76-82(77-74-80(69-63-57-51-45-39-33-27-21-15-9-3)70-64-58-52-46-40-34-28-22-16-10-4)78-75-81(71-65-59-53-47-41-35-29-23-17-11-5)72-66-60-54-48-42-36-30-24-18-12-6/h7-78H2,1-6H3. The lowest BCUT2D eigenvalue weighted by molar-refractivity contribution is 0.150. The van der Waals surface area contributed by atoms with E-state index in [1.54, 1.807) is 0 Å². The quantitative estimate of drug-likeness (QED) is 0.0563. The van der Waals surface area contributed by atoms with Crippen LogP contribution in [0.25, 0.3) is 0 Å². The fourth-order valence-corrected chi connectivity index (χ4v) is 13.1. The van der Waals surface area contributed by atoms with E-state index in [0.29, 0.717) is 0 Å². The van der Waals surface area contributed by atoms with Crippen LogP contribution in [0.1, 0.15) is 427 Å². The van der Waals surface area contributed by atoms with E-state index < -0.39 is 0 Å². The van der Waals surface area contributed by atoms with Crippen LogP contribution in [-0.2, 0) is 0 Å². The van der Waals surface area contributed by atoms with E-state index in [2.05, 4.69) is 61.1 Å². The maximum Gasteiger partial charge on any atom is 0.0110 e. The van der Waals surface area contributed by atoms with Crippen molar-refractivity contribution in [3.05, 3.63) is 0 Å². The third-order valence-electron chi connectivity index (χ3n) is 19.2. The van der Waals surface area contributed by atoms with Crippen LogP contribution in [0, 0.1) is 0 Å². The lowest BCUT2D eigenvalue weighted by Crippen LogP contribution is -2.44. The van der Waals surface area contributed by atoms with Gasteiger partial charge in [0.15, 0.2) is 0 Å². The van der Waals surface area contributed by atoms with Gasteiger partial charge in [0, 0.05) is 39.3 Å². The van der Waals surface area contributed by atoms with E-state index in [-0.39, 0.29) is 0 Å². The maximum absolute atomic E-state index is 3.01. The number of nitrogens with zero attached hydrogens (tertiary/aromatic N) is 4. The summed E-state index contributed by atoms with van der Waals surface area (Å²) >= 11 is 0. The van der Waals surface area contributed by atoms with Crippen molar-refractivity contribution >= 4 is 0 Å². The Morgan fingerprint density at radius 2 is 0.183 bits per heavy atom. The molecule has 0 aliphatic carbocycles. The van der Waals surface area contributed by atoms with Gasteiger partial charge in [-0.15, -0.1) is 0 Å². The van der Waals surface area contributed by atoms with Gasteiger partial charge in [-0.3, -0.25) is 4.90 Å². The zero-order valence-corrected chi connectivity index (χ0v) is 58.7. The van der Waals surface area contributed by atoms with E-state index in [1.165, 1.54) is 464 Å². The molecule has 0 rings (SSSR count). The van der Waals surface area contributed by atoms with E-state index in [1.807, 2.05) is 0 Å². The highest BCUT2D eigenvalue weighted by Gasteiger charge is 2.15. The monoisotopic (exact) mass is 1160 g/mol. The molecule has 82 heavy (non-hydrogen) atoms. The second-order valence-corrected chi connectivity index (χ2v) is 27.5. The van der Waals surface area contributed by atoms with Crippen molar-refractivity contribution in [3.8, 4) is 0 Å². The van der Waals surface area contributed by atoms with Gasteiger partial charge in [-0.25, -0.2) is 0 Å². The van der Waals surface area contributed by atoms with Crippen LogP contribution in [-0.4, -0.2) is 98.1 Å². The molecule has 0 N–H and O–H groups in total. The van der Waals surface area contributed by atoms with Crippen molar-refractivity contribution in [2.45, 2.75) is 427 Å². The predicted molar refractivity (Wildman–Crippen MR) is 377 cm³/mol. The van der Waals surface area contributed by atoms with E-state index in [4.69, 9.17) is 0 Å². The molecule has 0 saturated heterocycles. The van der Waals surface area contributed by atoms with Crippen LogP contribution in [0.15, 0.2) is 0 Å². The van der Waals surface area contributed by atoms with Crippen molar-refractivity contribution < 1.29 is 0 Å². The Morgan fingerprint density at radius 3 is 0.293 bits per heavy atom. The average molecular weight is 1160 g/mol. The Balaban J connectivity index is 6.13. The average Bonchev–Trinajstić information content (AvgIpc) is 3.49. The summed E-state index contributed by atoms with van der Waals surface area (Å²) in [5.41, 5.74) is 0. The summed E-state index contributed by atoms with van der Waals surface area (Å²) in [7, 11) is 0. The van der Waals surface area contributed by atoms with Crippen LogP contribution in [0.2, 0.25) is 0 Å². The minimum Gasteiger partial charge on any atom is -0.302 e. The summed E-state index contributed by atoms with van der Waals surface area (Å²) in [6, 6.07) is 0. The van der Waals surface area contributed by atoms with Gasteiger partial charge in [0.25, 0.3) is 0 Å². The zero-order chi connectivity index (χ0) is 59.2. The smallest absolute Gasteiger partial charge is 0.0110 e. The molecule has 0 aromatic rings. The molecule has 0 aliphatic heterocycles. The van der Waals surface area contributed by atoms with Gasteiger partial charge < -0.3 is 14.7 Å². The normalized spacial score (nSPS) is 12.1. The van der Waals surface area contributed by atoms with Gasteiger partial charge >= 0.3 is 0 Å². The molecular formula is C78H162N4. The molecule has 0 saturated carbocycles. The minimum absolute atomic E-state index is 1.27. The van der Waals surface area contributed by atoms with Crippen LogP contribution in [0.4, 0.5) is 0 Å². The first-order chi connectivity index (χ1) is 40.6. The molecule has 0 fully saturated rings. The molecule has 0 spiro atoms. The molecule has 0 bridgehead atoms. The SMILES string of the molecule is CCCCCCCCCCCCN(CCCCCCCCCCCC)CCN(CCN(CCCCCCCCCCCC)CCCCCCCCCCCC)CCN(CCCCCCCCCCCC)CCCCCCCCCCCC. The van der Waals surface area contributed by atoms with E-state index in [0.717, 1.165) is 0 Å². The highest BCUT2D eigenvalue weighted by molar-refractivity contribution is 4.72. The van der Waals surface area contributed by atoms with Crippen molar-refractivity contribution in [2.75, 3.05) is 78.5 Å². The zero-order valence-electron chi connectivity index (χ0n) is 58.7. The Bertz CT molecular complexity index is 892. The fourth-order valence-electron chi connectivity index (χ4n) is 13.1. The van der Waals surface area contributed by atoms with Crippen molar-refractivity contribution in [2.24, 2.45) is 0 Å². The van der Waals surface area contributed by atoms with Crippen molar-refractivity contribution in [3.63, 3.8) is 0 Å². The lowest BCUT2D eigenvalue weighted by atomic mass is 10.1. The summed E-state index contributed by atoms with van der Waals surface area (Å²) in [4.78, 5) is 11.9. The highest BCUT2D eigenvalue weighted by atomic mass is 15.2. The molecule has 494 valence electrons. The summed E-state index contributed by atoms with van der Waals surface area (Å²) in [5.74, 6) is 0. The highest BCUT2D eigenvalue weighted by Crippen LogP contribution is 2.18. The summed E-state index contributed by atoms with van der Waals surface area (Å²) in [5, 5.41) is 0. The molecule has 0 radical (unpaired) electrons. The van der Waals surface area contributed by atoms with Gasteiger partial charge in [-0.2, -0.15) is 0 Å². The molecule has 0 heterocycles. The van der Waals surface area contributed by atoms with E-state index in [9.17, 15) is 0 Å². The molecular weight excluding hydrogens is 993 g/mol. The second-order valence-electron chi connectivity index (χ2n) is 27.5. The number of hydrogen-bond donors (Lipinski definition) is 0. The third kappa shape index (κ3) is 65.8. The third-order valence-corrected chi connectivity index (χ3v) is 19.2. The van der Waals surface area contributed by atoms with Gasteiger partial charge in [0.05, 0.1) is 0 Å². The van der Waals surface area contributed by atoms with Crippen LogP contribution >= 0.6 is 0 Å². The summed E-state index contributed by atoms with van der Waals surface area (Å²) in [6.45, 7) is 29.7. The molecule has 0 aromatic heterocycles. The Labute approximate surface area is 522 Å². The molecule has 0 aromatic carbocycles. The first kappa shape index (κ1) is 81.8.